The average Bonchev–Trinajstić information content (AvgIpc) is 3.10. The van der Waals surface area contributed by atoms with E-state index in [1.165, 1.54) is 7.05 Å². The van der Waals surface area contributed by atoms with Gasteiger partial charge in [-0.2, -0.15) is 0 Å². The van der Waals surface area contributed by atoms with Crippen molar-refractivity contribution in [2.75, 3.05) is 44.7 Å². The number of hydrogen-bond acceptors (Lipinski definition) is 4. The highest BCUT2D eigenvalue weighted by molar-refractivity contribution is 7.89. The predicted octanol–water partition coefficient (Wildman–Crippen LogP) is -0.0176. The van der Waals surface area contributed by atoms with Gasteiger partial charge in [0.05, 0.1) is 4.90 Å². The maximum Gasteiger partial charge on any atom is 0.317 e. The summed E-state index contributed by atoms with van der Waals surface area (Å²) in [5.41, 5.74) is 2.11. The van der Waals surface area contributed by atoms with Crippen LogP contribution in [0.3, 0.4) is 0 Å². The Morgan fingerprint density at radius 1 is 1.23 bits per heavy atom. The molecule has 0 spiro atoms. The molecule has 22 heavy (non-hydrogen) atoms. The Kier molecular flexibility index (Phi) is 3.96. The molecule has 0 aliphatic carbocycles. The van der Waals surface area contributed by atoms with E-state index in [9.17, 15) is 13.2 Å². The molecular formula is C14H20N4O3S. The van der Waals surface area contributed by atoms with Gasteiger partial charge in [-0.1, -0.05) is 6.07 Å². The third-order valence-corrected chi connectivity index (χ3v) is 5.62. The van der Waals surface area contributed by atoms with Crippen LogP contribution in [0.25, 0.3) is 0 Å². The fourth-order valence-electron chi connectivity index (χ4n) is 2.91. The van der Waals surface area contributed by atoms with Crippen LogP contribution >= 0.6 is 0 Å². The number of carbonyl (C=O) groups excluding carboxylic acids is 1. The first kappa shape index (κ1) is 15.1. The van der Waals surface area contributed by atoms with Crippen LogP contribution in [-0.2, 0) is 16.4 Å². The Bertz CT molecular complexity index is 689. The molecule has 3 rings (SSSR count). The van der Waals surface area contributed by atoms with Gasteiger partial charge < -0.3 is 15.1 Å². The van der Waals surface area contributed by atoms with Crippen LogP contribution in [0.4, 0.5) is 10.5 Å². The highest BCUT2D eigenvalue weighted by Crippen LogP contribution is 2.30. The number of amides is 2. The van der Waals surface area contributed by atoms with Gasteiger partial charge in [0.25, 0.3) is 0 Å². The number of urea groups is 1. The van der Waals surface area contributed by atoms with Crippen molar-refractivity contribution in [1.29, 1.82) is 0 Å². The number of hydrogen-bond donors (Lipinski definition) is 2. The standard InChI is InChI=1S/C14H20N4O3S/c1-15-22(20,21)12-3-2-11-4-6-17(13(11)10-12)8-9-18-7-5-16-14(18)19/h2-3,10,15H,4-9H2,1H3,(H,16,19). The second-order valence-corrected chi connectivity index (χ2v) is 7.34. The molecule has 120 valence electrons. The molecule has 2 heterocycles. The topological polar surface area (TPSA) is 81.8 Å². The monoisotopic (exact) mass is 324 g/mol. The zero-order chi connectivity index (χ0) is 15.7. The van der Waals surface area contributed by atoms with Crippen molar-refractivity contribution in [2.24, 2.45) is 0 Å². The number of sulfonamides is 1. The van der Waals surface area contributed by atoms with Crippen LogP contribution in [0, 0.1) is 0 Å². The zero-order valence-corrected chi connectivity index (χ0v) is 13.3. The van der Waals surface area contributed by atoms with Crippen molar-refractivity contribution in [3.8, 4) is 0 Å². The quantitative estimate of drug-likeness (QED) is 0.798. The molecule has 0 bridgehead atoms. The fraction of sp³-hybridized carbons (Fsp3) is 0.500. The van der Waals surface area contributed by atoms with Gasteiger partial charge in [-0.25, -0.2) is 17.9 Å². The van der Waals surface area contributed by atoms with Gasteiger partial charge in [0, 0.05) is 38.4 Å². The summed E-state index contributed by atoms with van der Waals surface area (Å²) in [6.45, 7) is 3.64. The highest BCUT2D eigenvalue weighted by atomic mass is 32.2. The summed E-state index contributed by atoms with van der Waals surface area (Å²) in [5, 5.41) is 2.78. The Balaban J connectivity index is 1.75. The maximum absolute atomic E-state index is 11.9. The van der Waals surface area contributed by atoms with Gasteiger partial charge >= 0.3 is 6.03 Å². The molecule has 2 N–H and O–H groups in total. The molecule has 0 unspecified atom stereocenters. The van der Waals surface area contributed by atoms with E-state index >= 15 is 0 Å². The summed E-state index contributed by atoms with van der Waals surface area (Å²) in [6.07, 6.45) is 0.904. The fourth-order valence-corrected chi connectivity index (χ4v) is 3.66. The largest absolute Gasteiger partial charge is 0.369 e. The summed E-state index contributed by atoms with van der Waals surface area (Å²) in [4.78, 5) is 15.8. The SMILES string of the molecule is CNS(=O)(=O)c1ccc2c(c1)N(CCN1CCNC1=O)CC2. The zero-order valence-electron chi connectivity index (χ0n) is 12.5. The van der Waals surface area contributed by atoms with E-state index in [0.717, 1.165) is 30.8 Å². The third-order valence-electron chi connectivity index (χ3n) is 4.21. The number of carbonyl (C=O) groups is 1. The van der Waals surface area contributed by atoms with Crippen LogP contribution in [0.1, 0.15) is 5.56 Å². The van der Waals surface area contributed by atoms with E-state index in [1.807, 2.05) is 6.07 Å². The number of nitrogens with zero attached hydrogens (tertiary/aromatic N) is 2. The molecule has 0 saturated carbocycles. The molecule has 1 aromatic rings. The lowest BCUT2D eigenvalue weighted by Crippen LogP contribution is -2.36. The van der Waals surface area contributed by atoms with Gasteiger partial charge in [-0.05, 0) is 31.2 Å². The summed E-state index contributed by atoms with van der Waals surface area (Å²) in [5.74, 6) is 0. The van der Waals surface area contributed by atoms with E-state index in [-0.39, 0.29) is 10.9 Å². The van der Waals surface area contributed by atoms with Gasteiger partial charge in [0.15, 0.2) is 0 Å². The molecule has 0 radical (unpaired) electrons. The first-order valence-electron chi connectivity index (χ1n) is 7.35. The van der Waals surface area contributed by atoms with Crippen LogP contribution in [-0.4, -0.2) is 59.1 Å². The Morgan fingerprint density at radius 3 is 2.68 bits per heavy atom. The molecule has 1 fully saturated rings. The number of rotatable bonds is 5. The molecule has 7 nitrogen and oxygen atoms in total. The van der Waals surface area contributed by atoms with E-state index in [1.54, 1.807) is 17.0 Å². The van der Waals surface area contributed by atoms with E-state index in [4.69, 9.17) is 0 Å². The smallest absolute Gasteiger partial charge is 0.317 e. The van der Waals surface area contributed by atoms with Crippen LogP contribution < -0.4 is 14.9 Å². The van der Waals surface area contributed by atoms with Crippen molar-refractivity contribution >= 4 is 21.7 Å². The van der Waals surface area contributed by atoms with Gasteiger partial charge in [0.1, 0.15) is 0 Å². The van der Waals surface area contributed by atoms with Crippen molar-refractivity contribution in [3.05, 3.63) is 23.8 Å². The minimum Gasteiger partial charge on any atom is -0.369 e. The molecule has 1 aromatic carbocycles. The second kappa shape index (κ2) is 5.77. The minimum absolute atomic E-state index is 0.0223. The Hall–Kier alpha value is -1.80. The number of fused-ring (bicyclic) bond motifs is 1. The van der Waals surface area contributed by atoms with Crippen LogP contribution in [0.2, 0.25) is 0 Å². The summed E-state index contributed by atoms with van der Waals surface area (Å²) in [7, 11) is -2.02. The number of anilines is 1. The number of nitrogens with one attached hydrogen (secondary N) is 2. The summed E-state index contributed by atoms with van der Waals surface area (Å²) >= 11 is 0. The summed E-state index contributed by atoms with van der Waals surface area (Å²) in [6, 6.07) is 5.22. The van der Waals surface area contributed by atoms with E-state index in [0.29, 0.717) is 19.6 Å². The van der Waals surface area contributed by atoms with Crippen molar-refractivity contribution in [1.82, 2.24) is 14.9 Å². The minimum atomic E-state index is -3.43. The molecule has 2 aliphatic rings. The molecular weight excluding hydrogens is 304 g/mol. The van der Waals surface area contributed by atoms with E-state index < -0.39 is 10.0 Å². The Morgan fingerprint density at radius 2 is 2.00 bits per heavy atom. The molecule has 2 amide bonds. The Labute approximate surface area is 130 Å². The third kappa shape index (κ3) is 2.76. The van der Waals surface area contributed by atoms with Crippen LogP contribution in [0.15, 0.2) is 23.1 Å². The molecule has 0 atom stereocenters. The first-order chi connectivity index (χ1) is 10.5. The molecule has 0 aromatic heterocycles. The van der Waals surface area contributed by atoms with Crippen molar-refractivity contribution < 1.29 is 13.2 Å². The molecule has 1 saturated heterocycles. The lowest BCUT2D eigenvalue weighted by molar-refractivity contribution is 0.218. The lowest BCUT2D eigenvalue weighted by atomic mass is 10.2. The average molecular weight is 324 g/mol. The lowest BCUT2D eigenvalue weighted by Gasteiger charge is -2.23. The van der Waals surface area contributed by atoms with Crippen LogP contribution in [0.5, 0.6) is 0 Å². The number of benzene rings is 1. The van der Waals surface area contributed by atoms with E-state index in [2.05, 4.69) is 14.9 Å². The van der Waals surface area contributed by atoms with Gasteiger partial charge in [-0.15, -0.1) is 0 Å². The molecule has 8 heteroatoms. The van der Waals surface area contributed by atoms with Crippen molar-refractivity contribution in [3.63, 3.8) is 0 Å². The first-order valence-corrected chi connectivity index (χ1v) is 8.84. The second-order valence-electron chi connectivity index (χ2n) is 5.45. The van der Waals surface area contributed by atoms with Gasteiger partial charge in [0.2, 0.25) is 10.0 Å². The van der Waals surface area contributed by atoms with Gasteiger partial charge in [-0.3, -0.25) is 0 Å². The van der Waals surface area contributed by atoms with Crippen molar-refractivity contribution in [2.45, 2.75) is 11.3 Å². The highest BCUT2D eigenvalue weighted by Gasteiger charge is 2.24. The summed E-state index contributed by atoms with van der Waals surface area (Å²) < 4.78 is 26.2. The molecule has 2 aliphatic heterocycles. The predicted molar refractivity (Wildman–Crippen MR) is 83.6 cm³/mol. The maximum atomic E-state index is 11.9. The normalized spacial score (nSPS) is 17.8.